The van der Waals surface area contributed by atoms with Gasteiger partial charge in [-0.15, -0.1) is 10.2 Å². The molecule has 0 bridgehead atoms. The van der Waals surface area contributed by atoms with Crippen molar-refractivity contribution in [2.24, 2.45) is 0 Å². The largest absolute Gasteiger partial charge is 0.454 e. The van der Waals surface area contributed by atoms with Gasteiger partial charge in [-0.05, 0) is 36.4 Å². The molecule has 31 heavy (non-hydrogen) atoms. The molecule has 0 saturated heterocycles. The molecule has 9 nitrogen and oxygen atoms in total. The highest BCUT2D eigenvalue weighted by Gasteiger charge is 2.16. The third kappa shape index (κ3) is 3.70. The Hall–Kier alpha value is -3.86. The number of amides is 1. The number of nitrogens with one attached hydrogen (secondary N) is 1. The molecule has 0 unspecified atom stereocenters. The number of ether oxygens (including phenoxy) is 2. The van der Waals surface area contributed by atoms with E-state index in [2.05, 4.69) is 15.5 Å². The number of anilines is 1. The van der Waals surface area contributed by atoms with Gasteiger partial charge < -0.3 is 14.8 Å². The first-order valence-electron chi connectivity index (χ1n) is 9.13. The van der Waals surface area contributed by atoms with E-state index >= 15 is 0 Å². The molecule has 2 aromatic heterocycles. The fourth-order valence-corrected chi connectivity index (χ4v) is 3.79. The molecule has 1 amide bonds. The zero-order chi connectivity index (χ0) is 21.4. The Kier molecular flexibility index (Phi) is 4.79. The van der Waals surface area contributed by atoms with Crippen LogP contribution in [0.3, 0.4) is 0 Å². The summed E-state index contributed by atoms with van der Waals surface area (Å²) < 4.78 is 26.6. The fourth-order valence-electron chi connectivity index (χ4n) is 3.07. The number of fused-ring (bicyclic) bond motifs is 2. The molecule has 3 heterocycles. The average Bonchev–Trinajstić information content (AvgIpc) is 3.40. The number of aromatic nitrogens is 4. The van der Waals surface area contributed by atoms with Crippen molar-refractivity contribution in [1.29, 1.82) is 0 Å². The standard InChI is InChI=1S/C20H14FN5O4S/c21-12-1-4-14(5-2-12)25-7-8-26-18(19(25)28)23-24-20(26)31-10-17(27)22-13-3-6-15-16(9-13)30-11-29-15/h1-9H,10-11H2,(H,22,27). The minimum Gasteiger partial charge on any atom is -0.454 e. The van der Waals surface area contributed by atoms with Crippen LogP contribution in [0.25, 0.3) is 11.3 Å². The van der Waals surface area contributed by atoms with Gasteiger partial charge >= 0.3 is 5.56 Å². The lowest BCUT2D eigenvalue weighted by Crippen LogP contribution is -2.20. The van der Waals surface area contributed by atoms with Crippen molar-refractivity contribution in [3.05, 3.63) is 71.0 Å². The van der Waals surface area contributed by atoms with Gasteiger partial charge in [-0.25, -0.2) is 4.39 Å². The zero-order valence-corrected chi connectivity index (χ0v) is 16.6. The van der Waals surface area contributed by atoms with Gasteiger partial charge in [-0.3, -0.25) is 18.6 Å². The van der Waals surface area contributed by atoms with Gasteiger partial charge in [0.05, 0.1) is 5.75 Å². The zero-order valence-electron chi connectivity index (χ0n) is 15.8. The van der Waals surface area contributed by atoms with E-state index in [9.17, 15) is 14.0 Å². The molecule has 0 aliphatic carbocycles. The molecule has 1 aliphatic rings. The summed E-state index contributed by atoms with van der Waals surface area (Å²) in [4.78, 5) is 25.1. The summed E-state index contributed by atoms with van der Waals surface area (Å²) in [5, 5.41) is 11.1. The predicted molar refractivity (Wildman–Crippen MR) is 110 cm³/mol. The first-order chi connectivity index (χ1) is 15.1. The summed E-state index contributed by atoms with van der Waals surface area (Å²) in [5.74, 6) is 0.634. The normalized spacial score (nSPS) is 12.3. The van der Waals surface area contributed by atoms with Crippen LogP contribution in [0.4, 0.5) is 10.1 Å². The van der Waals surface area contributed by atoms with Crippen molar-refractivity contribution in [2.45, 2.75) is 5.16 Å². The molecule has 0 fully saturated rings. The third-order valence-electron chi connectivity index (χ3n) is 4.53. The number of rotatable bonds is 5. The maximum atomic E-state index is 13.1. The summed E-state index contributed by atoms with van der Waals surface area (Å²) in [6, 6.07) is 10.7. The van der Waals surface area contributed by atoms with E-state index in [0.29, 0.717) is 28.0 Å². The molecular formula is C20H14FN5O4S. The minimum atomic E-state index is -0.404. The van der Waals surface area contributed by atoms with Crippen LogP contribution in [0.2, 0.25) is 0 Å². The molecule has 2 aromatic carbocycles. The second kappa shape index (κ2) is 7.76. The smallest absolute Gasteiger partial charge is 0.300 e. The lowest BCUT2D eigenvalue weighted by molar-refractivity contribution is -0.113. The summed E-state index contributed by atoms with van der Waals surface area (Å²) >= 11 is 1.15. The summed E-state index contributed by atoms with van der Waals surface area (Å²) in [6.45, 7) is 0.158. The highest BCUT2D eigenvalue weighted by molar-refractivity contribution is 7.99. The van der Waals surface area contributed by atoms with Crippen LogP contribution < -0.4 is 20.3 Å². The van der Waals surface area contributed by atoms with Crippen molar-refractivity contribution in [1.82, 2.24) is 19.2 Å². The van der Waals surface area contributed by atoms with Gasteiger partial charge in [0.1, 0.15) is 5.82 Å². The van der Waals surface area contributed by atoms with E-state index in [4.69, 9.17) is 9.47 Å². The number of thioether (sulfide) groups is 1. The highest BCUT2D eigenvalue weighted by Crippen LogP contribution is 2.34. The van der Waals surface area contributed by atoms with Crippen molar-refractivity contribution < 1.29 is 18.7 Å². The third-order valence-corrected chi connectivity index (χ3v) is 5.48. The number of carbonyl (C=O) groups is 1. The van der Waals surface area contributed by atoms with Gasteiger partial charge in [0.2, 0.25) is 18.3 Å². The average molecular weight is 439 g/mol. The Morgan fingerprint density at radius 1 is 1.10 bits per heavy atom. The number of halogens is 1. The maximum absolute atomic E-state index is 13.1. The van der Waals surface area contributed by atoms with Crippen LogP contribution in [0.5, 0.6) is 11.5 Å². The van der Waals surface area contributed by atoms with Crippen molar-refractivity contribution in [3.8, 4) is 17.2 Å². The van der Waals surface area contributed by atoms with Gasteiger partial charge in [-0.2, -0.15) is 0 Å². The van der Waals surface area contributed by atoms with Gasteiger partial charge in [0.25, 0.3) is 0 Å². The van der Waals surface area contributed by atoms with E-state index < -0.39 is 11.4 Å². The number of hydrogen-bond acceptors (Lipinski definition) is 7. The summed E-state index contributed by atoms with van der Waals surface area (Å²) in [7, 11) is 0. The van der Waals surface area contributed by atoms with Crippen LogP contribution in [0.15, 0.2) is 64.8 Å². The Morgan fingerprint density at radius 3 is 2.74 bits per heavy atom. The second-order valence-corrected chi connectivity index (χ2v) is 7.47. The quantitative estimate of drug-likeness (QED) is 0.477. The monoisotopic (exact) mass is 439 g/mol. The molecule has 0 spiro atoms. The number of hydrogen-bond donors (Lipinski definition) is 1. The summed E-state index contributed by atoms with van der Waals surface area (Å²) in [6.07, 6.45) is 3.17. The molecule has 0 atom stereocenters. The molecule has 1 N–H and O–H groups in total. The Balaban J connectivity index is 1.30. The SMILES string of the molecule is O=C(CSc1nnc2c(=O)n(-c3ccc(F)cc3)ccn12)Nc1ccc2c(c1)OCO2. The molecule has 5 rings (SSSR count). The van der Waals surface area contributed by atoms with Crippen molar-refractivity contribution in [2.75, 3.05) is 17.9 Å². The van der Waals surface area contributed by atoms with Crippen LogP contribution >= 0.6 is 11.8 Å². The van der Waals surface area contributed by atoms with E-state index in [-0.39, 0.29) is 24.1 Å². The lowest BCUT2D eigenvalue weighted by atomic mass is 10.3. The van der Waals surface area contributed by atoms with Crippen molar-refractivity contribution in [3.63, 3.8) is 0 Å². The van der Waals surface area contributed by atoms with Gasteiger partial charge in [-0.1, -0.05) is 11.8 Å². The Labute approximate surface area is 178 Å². The first kappa shape index (κ1) is 19.1. The molecule has 156 valence electrons. The van der Waals surface area contributed by atoms with Gasteiger partial charge in [0.15, 0.2) is 16.7 Å². The fraction of sp³-hybridized carbons (Fsp3) is 0.100. The van der Waals surface area contributed by atoms with E-state index in [0.717, 1.165) is 11.8 Å². The first-order valence-corrected chi connectivity index (χ1v) is 10.1. The predicted octanol–water partition coefficient (Wildman–Crippen LogP) is 2.48. The van der Waals surface area contributed by atoms with E-state index in [1.54, 1.807) is 30.6 Å². The molecular weight excluding hydrogens is 425 g/mol. The minimum absolute atomic E-state index is 0.0658. The topological polar surface area (TPSA) is 99.8 Å². The lowest BCUT2D eigenvalue weighted by Gasteiger charge is -2.07. The second-order valence-electron chi connectivity index (χ2n) is 6.53. The molecule has 1 aliphatic heterocycles. The maximum Gasteiger partial charge on any atom is 0.300 e. The van der Waals surface area contributed by atoms with Crippen LogP contribution in [0, 0.1) is 5.82 Å². The van der Waals surface area contributed by atoms with Gasteiger partial charge in [0, 0.05) is 29.8 Å². The van der Waals surface area contributed by atoms with E-state index in [1.807, 2.05) is 0 Å². The number of benzene rings is 2. The Bertz CT molecular complexity index is 1350. The molecule has 0 saturated carbocycles. The Morgan fingerprint density at radius 2 is 1.90 bits per heavy atom. The van der Waals surface area contributed by atoms with Crippen LogP contribution in [-0.4, -0.2) is 37.6 Å². The summed E-state index contributed by atoms with van der Waals surface area (Å²) in [5.41, 5.74) is 0.793. The van der Waals surface area contributed by atoms with Crippen molar-refractivity contribution >= 4 is 29.0 Å². The van der Waals surface area contributed by atoms with E-state index in [1.165, 1.54) is 33.2 Å². The molecule has 4 aromatic rings. The number of nitrogens with zero attached hydrogens (tertiary/aromatic N) is 4. The molecule has 11 heteroatoms. The molecule has 0 radical (unpaired) electrons. The van der Waals surface area contributed by atoms with Crippen LogP contribution in [0.1, 0.15) is 0 Å². The van der Waals surface area contributed by atoms with Crippen LogP contribution in [-0.2, 0) is 4.79 Å². The highest BCUT2D eigenvalue weighted by atomic mass is 32.2. The number of carbonyl (C=O) groups excluding carboxylic acids is 1.